The van der Waals surface area contributed by atoms with Crippen LogP contribution >= 0.6 is 11.3 Å². The number of fused-ring (bicyclic) bond motifs is 4. The molecule has 4 aromatic rings. The monoisotopic (exact) mass is 532 g/mol. The molecule has 8 nitrogen and oxygen atoms in total. The van der Waals surface area contributed by atoms with Gasteiger partial charge in [0.1, 0.15) is 17.2 Å². The quantitative estimate of drug-likeness (QED) is 0.403. The van der Waals surface area contributed by atoms with Crippen LogP contribution in [0.5, 0.6) is 0 Å². The lowest BCUT2D eigenvalue weighted by atomic mass is 9.89. The van der Waals surface area contributed by atoms with Gasteiger partial charge in [0.2, 0.25) is 5.91 Å². The highest BCUT2D eigenvalue weighted by Crippen LogP contribution is 2.47. The molecular formula is C29H36N6O2S. The lowest BCUT2D eigenvalue weighted by Crippen LogP contribution is -2.53. The van der Waals surface area contributed by atoms with Gasteiger partial charge in [0.05, 0.1) is 18.9 Å². The fraction of sp³-hybridized carbons (Fsp3) is 0.552. The summed E-state index contributed by atoms with van der Waals surface area (Å²) in [5.74, 6) is 1.09. The molecule has 3 aliphatic rings. The normalized spacial score (nSPS) is 20.7. The summed E-state index contributed by atoms with van der Waals surface area (Å²) in [6, 6.07) is -0.188. The van der Waals surface area contributed by atoms with Crippen LogP contribution in [0.1, 0.15) is 72.1 Å². The van der Waals surface area contributed by atoms with E-state index in [9.17, 15) is 4.79 Å². The maximum Gasteiger partial charge on any atom is 0.242 e. The summed E-state index contributed by atoms with van der Waals surface area (Å²) in [5, 5.41) is 9.21. The van der Waals surface area contributed by atoms with Crippen LogP contribution in [0.3, 0.4) is 0 Å². The van der Waals surface area contributed by atoms with Gasteiger partial charge >= 0.3 is 0 Å². The number of ether oxygens (including phenoxy) is 1. The first-order chi connectivity index (χ1) is 18.5. The minimum absolute atomic E-state index is 0.188. The van der Waals surface area contributed by atoms with E-state index < -0.39 is 0 Å². The van der Waals surface area contributed by atoms with Crippen molar-refractivity contribution in [1.29, 1.82) is 0 Å². The van der Waals surface area contributed by atoms with Gasteiger partial charge in [-0.1, -0.05) is 13.8 Å². The number of pyridine rings is 1. The molecule has 0 saturated carbocycles. The number of carbonyl (C=O) groups is 1. The molecule has 2 fully saturated rings. The van der Waals surface area contributed by atoms with Crippen molar-refractivity contribution in [3.63, 3.8) is 0 Å². The minimum atomic E-state index is -0.188. The highest BCUT2D eigenvalue weighted by Gasteiger charge is 2.33. The number of nitrogens with zero attached hydrogens (tertiary/aromatic N) is 4. The van der Waals surface area contributed by atoms with E-state index in [1.54, 1.807) is 6.33 Å². The number of piperidine rings is 1. The molecule has 0 unspecified atom stereocenters. The Kier molecular flexibility index (Phi) is 6.05. The molecule has 2 N–H and O–H groups in total. The molecule has 4 aromatic heterocycles. The van der Waals surface area contributed by atoms with Gasteiger partial charge in [-0.25, -0.2) is 9.50 Å². The number of aromatic amines is 1. The van der Waals surface area contributed by atoms with Gasteiger partial charge in [0, 0.05) is 47.2 Å². The Bertz CT molecular complexity index is 1520. The van der Waals surface area contributed by atoms with Crippen LogP contribution < -0.4 is 5.32 Å². The number of nitrogens with one attached hydrogen (secondary N) is 2. The van der Waals surface area contributed by atoms with Crippen LogP contribution in [0.25, 0.3) is 27.1 Å². The van der Waals surface area contributed by atoms with Crippen molar-refractivity contribution in [2.45, 2.75) is 70.8 Å². The Labute approximate surface area is 226 Å². The van der Waals surface area contributed by atoms with Crippen molar-refractivity contribution in [1.82, 2.24) is 29.8 Å². The third-order valence-corrected chi connectivity index (χ3v) is 10.2. The second-order valence-corrected chi connectivity index (χ2v) is 12.5. The van der Waals surface area contributed by atoms with Crippen molar-refractivity contribution in [2.24, 2.45) is 0 Å². The van der Waals surface area contributed by atoms with Gasteiger partial charge < -0.3 is 19.9 Å². The lowest BCUT2D eigenvalue weighted by Gasteiger charge is -2.35. The Balaban J connectivity index is 1.21. The van der Waals surface area contributed by atoms with Gasteiger partial charge in [-0.15, -0.1) is 11.3 Å². The van der Waals surface area contributed by atoms with Gasteiger partial charge in [-0.2, -0.15) is 5.10 Å². The third-order valence-electron chi connectivity index (χ3n) is 8.84. The van der Waals surface area contributed by atoms with Crippen molar-refractivity contribution < 1.29 is 9.53 Å². The van der Waals surface area contributed by atoms with Crippen molar-refractivity contribution >= 4 is 33.1 Å². The van der Waals surface area contributed by atoms with Gasteiger partial charge in [-0.05, 0) is 67.6 Å². The molecule has 2 saturated heterocycles. The SMILES string of the molecule is Cc1c(C2CCN(C(=O)[C@H]3COCCN3)CC2)sc2[nH]c(-c3cn4ncnc4c4c3CCC4)c(C(C)C)c12. The first-order valence-electron chi connectivity index (χ1n) is 14.1. The number of amides is 1. The number of aromatic nitrogens is 4. The number of hydrogen-bond donors (Lipinski definition) is 2. The average molecular weight is 533 g/mol. The van der Waals surface area contributed by atoms with E-state index in [0.29, 0.717) is 25.0 Å². The predicted molar refractivity (Wildman–Crippen MR) is 150 cm³/mol. The molecule has 0 radical (unpaired) electrons. The van der Waals surface area contributed by atoms with Crippen LogP contribution in [0.2, 0.25) is 0 Å². The summed E-state index contributed by atoms with van der Waals surface area (Å²) in [6.45, 7) is 10.5. The second kappa shape index (κ2) is 9.47. The highest BCUT2D eigenvalue weighted by atomic mass is 32.1. The van der Waals surface area contributed by atoms with Crippen molar-refractivity contribution in [2.75, 3.05) is 32.8 Å². The maximum absolute atomic E-state index is 13.0. The fourth-order valence-corrected chi connectivity index (χ4v) is 8.39. The number of aryl methyl sites for hydroxylation is 2. The Morgan fingerprint density at radius 3 is 2.79 bits per heavy atom. The summed E-state index contributed by atoms with van der Waals surface area (Å²) < 4.78 is 7.48. The molecule has 38 heavy (non-hydrogen) atoms. The lowest BCUT2D eigenvalue weighted by molar-refractivity contribution is -0.137. The van der Waals surface area contributed by atoms with Crippen molar-refractivity contribution in [3.8, 4) is 11.3 Å². The van der Waals surface area contributed by atoms with Gasteiger partial charge in [-0.3, -0.25) is 4.79 Å². The number of H-pyrrole nitrogens is 1. The van der Waals surface area contributed by atoms with E-state index in [2.05, 4.69) is 47.4 Å². The molecular weight excluding hydrogens is 496 g/mol. The van der Waals surface area contributed by atoms with Crippen LogP contribution in [0.4, 0.5) is 0 Å². The minimum Gasteiger partial charge on any atom is -0.378 e. The zero-order chi connectivity index (χ0) is 26.0. The molecule has 2 aliphatic heterocycles. The summed E-state index contributed by atoms with van der Waals surface area (Å²) in [6.07, 6.45) is 9.24. The molecule has 1 aliphatic carbocycles. The standard InChI is InChI=1S/C29H36N6O2S/c1-16(2)23-24-17(3)26(18-7-10-34(11-8-18)29(36)22-14-37-12-9-30-22)38-28(24)33-25(23)21-13-35-27(31-15-32-35)20-6-4-5-19(20)21/h13,15-16,18,22,30,33H,4-12,14H2,1-3H3/t22-/m1/s1. The first kappa shape index (κ1) is 24.3. The summed E-state index contributed by atoms with van der Waals surface area (Å²) >= 11 is 1.93. The van der Waals surface area contributed by atoms with Crippen LogP contribution in [-0.4, -0.2) is 69.3 Å². The van der Waals surface area contributed by atoms with Crippen LogP contribution in [-0.2, 0) is 22.4 Å². The van der Waals surface area contributed by atoms with E-state index in [4.69, 9.17) is 4.74 Å². The van der Waals surface area contributed by atoms with Crippen molar-refractivity contribution in [3.05, 3.63) is 39.7 Å². The first-order valence-corrected chi connectivity index (χ1v) is 14.9. The molecule has 6 heterocycles. The zero-order valence-electron chi connectivity index (χ0n) is 22.5. The van der Waals surface area contributed by atoms with E-state index >= 15 is 0 Å². The third kappa shape index (κ3) is 3.81. The molecule has 7 rings (SSSR count). The molecule has 0 spiro atoms. The number of carbonyl (C=O) groups excluding carboxylic acids is 1. The van der Waals surface area contributed by atoms with E-state index in [-0.39, 0.29) is 11.9 Å². The Morgan fingerprint density at radius 2 is 2.03 bits per heavy atom. The summed E-state index contributed by atoms with van der Waals surface area (Å²) in [4.78, 5) is 26.2. The van der Waals surface area contributed by atoms with Crippen LogP contribution in [0.15, 0.2) is 12.5 Å². The smallest absolute Gasteiger partial charge is 0.242 e. The predicted octanol–water partition coefficient (Wildman–Crippen LogP) is 4.55. The van der Waals surface area contributed by atoms with Gasteiger partial charge in [0.15, 0.2) is 5.65 Å². The Morgan fingerprint density at radius 1 is 1.21 bits per heavy atom. The fourth-order valence-electron chi connectivity index (χ4n) is 7.00. The van der Waals surface area contributed by atoms with E-state index in [0.717, 1.165) is 51.0 Å². The van der Waals surface area contributed by atoms with Gasteiger partial charge in [0.25, 0.3) is 0 Å². The second-order valence-electron chi connectivity index (χ2n) is 11.4. The van der Waals surface area contributed by atoms with Crippen LogP contribution in [0, 0.1) is 6.92 Å². The molecule has 1 atom stereocenters. The largest absolute Gasteiger partial charge is 0.378 e. The molecule has 0 aromatic carbocycles. The number of rotatable bonds is 4. The van der Waals surface area contributed by atoms with E-state index in [1.165, 1.54) is 55.0 Å². The molecule has 1 amide bonds. The molecule has 200 valence electrons. The molecule has 0 bridgehead atoms. The zero-order valence-corrected chi connectivity index (χ0v) is 23.3. The summed E-state index contributed by atoms with van der Waals surface area (Å²) in [7, 11) is 0. The number of morpholine rings is 1. The van der Waals surface area contributed by atoms with E-state index in [1.807, 2.05) is 20.8 Å². The summed E-state index contributed by atoms with van der Waals surface area (Å²) in [5.41, 5.74) is 9.20. The maximum atomic E-state index is 13.0. The number of likely N-dealkylation sites (tertiary alicyclic amines) is 1. The number of thiophene rings is 1. The topological polar surface area (TPSA) is 87.5 Å². The highest BCUT2D eigenvalue weighted by molar-refractivity contribution is 7.19. The average Bonchev–Trinajstić information content (AvgIpc) is 3.72. The molecule has 9 heteroatoms. The number of hydrogen-bond acceptors (Lipinski definition) is 6. The Hall–Kier alpha value is -2.75.